The molecule has 1 amide bonds. The second-order valence-corrected chi connectivity index (χ2v) is 8.75. The zero-order valence-electron chi connectivity index (χ0n) is 16.4. The third-order valence-corrected chi connectivity index (χ3v) is 6.97. The van der Waals surface area contributed by atoms with E-state index in [9.17, 15) is 4.79 Å². The first-order valence-corrected chi connectivity index (χ1v) is 10.3. The number of amides is 1. The highest BCUT2D eigenvalue weighted by Crippen LogP contribution is 2.43. The van der Waals surface area contributed by atoms with Gasteiger partial charge in [-0.2, -0.15) is 4.98 Å². The smallest absolute Gasteiger partial charge is 0.228 e. The van der Waals surface area contributed by atoms with Gasteiger partial charge in [0.25, 0.3) is 0 Å². The number of piperazine rings is 1. The molecule has 5 fully saturated rings. The third kappa shape index (κ3) is 2.63. The Morgan fingerprint density at radius 2 is 1.79 bits per heavy atom. The molecule has 6 heterocycles. The molecule has 0 unspecified atom stereocenters. The van der Waals surface area contributed by atoms with Gasteiger partial charge in [-0.3, -0.25) is 4.79 Å². The van der Waals surface area contributed by atoms with Crippen LogP contribution >= 0.6 is 0 Å². The highest BCUT2D eigenvalue weighted by atomic mass is 16.2. The Morgan fingerprint density at radius 3 is 2.41 bits per heavy atom. The van der Waals surface area contributed by atoms with Crippen molar-refractivity contribution in [2.75, 3.05) is 35.2 Å². The van der Waals surface area contributed by atoms with Crippen molar-refractivity contribution in [1.29, 1.82) is 0 Å². The number of anilines is 3. The van der Waals surface area contributed by atoms with Crippen molar-refractivity contribution in [2.24, 2.45) is 5.92 Å². The number of nitrogen functional groups attached to an aromatic ring is 1. The molecular weight excluding hydrogens is 368 g/mol. The molecule has 7 rings (SSSR count). The van der Waals surface area contributed by atoms with E-state index in [1.165, 1.54) is 12.8 Å². The molecule has 2 aromatic heterocycles. The summed E-state index contributed by atoms with van der Waals surface area (Å²) in [5.41, 5.74) is 7.32. The predicted octanol–water partition coefficient (Wildman–Crippen LogP) is 0.924. The fourth-order valence-corrected chi connectivity index (χ4v) is 5.43. The second kappa shape index (κ2) is 6.01. The van der Waals surface area contributed by atoms with Crippen molar-refractivity contribution in [3.63, 3.8) is 0 Å². The first-order valence-electron chi connectivity index (χ1n) is 10.3. The van der Waals surface area contributed by atoms with Crippen molar-refractivity contribution in [2.45, 2.75) is 44.3 Å². The first kappa shape index (κ1) is 16.9. The Kier molecular flexibility index (Phi) is 3.51. The van der Waals surface area contributed by atoms with E-state index >= 15 is 0 Å². The lowest BCUT2D eigenvalue weighted by atomic mass is 9.86. The summed E-state index contributed by atoms with van der Waals surface area (Å²) in [6.07, 6.45) is 6.94. The van der Waals surface area contributed by atoms with E-state index in [0.717, 1.165) is 55.0 Å². The number of nitrogens with two attached hydrogens (primary N) is 1. The number of likely N-dealkylation sites (tertiary alicyclic amines) is 1. The average Bonchev–Trinajstić information content (AvgIpc) is 3.46. The largest absolute Gasteiger partial charge is 0.368 e. The topological polar surface area (TPSA) is 104 Å². The molecule has 0 aromatic carbocycles. The van der Waals surface area contributed by atoms with Crippen LogP contribution < -0.4 is 15.5 Å². The molecule has 1 saturated carbocycles. The van der Waals surface area contributed by atoms with E-state index in [4.69, 9.17) is 15.7 Å². The summed E-state index contributed by atoms with van der Waals surface area (Å²) < 4.78 is 0. The summed E-state index contributed by atoms with van der Waals surface area (Å²) >= 11 is 0. The Balaban J connectivity index is 1.38. The number of nitrogens with zero attached hydrogens (tertiary/aromatic N) is 7. The van der Waals surface area contributed by atoms with E-state index in [1.807, 2.05) is 11.0 Å². The van der Waals surface area contributed by atoms with Crippen molar-refractivity contribution in [3.8, 4) is 11.3 Å². The van der Waals surface area contributed by atoms with Gasteiger partial charge in [0, 0.05) is 56.6 Å². The molecule has 5 aliphatic rings. The quantitative estimate of drug-likeness (QED) is 0.822. The lowest BCUT2D eigenvalue weighted by molar-refractivity contribution is -0.129. The van der Waals surface area contributed by atoms with E-state index < -0.39 is 0 Å². The normalized spacial score (nSPS) is 29.5. The van der Waals surface area contributed by atoms with Crippen molar-refractivity contribution < 1.29 is 4.79 Å². The molecule has 1 aliphatic carbocycles. The standard InChI is InChI=1S/C20H24N8O/c1-11(29)26-9-16-4-15(26)10-27(16)18-5-17(13-6-22-19(21)23-7-13)24-20(25-18)28-8-12-2-14(28)3-12/h5-7,12,14-16H,2-4,8-10H2,1H3,(H2,21,22,23)/t12?,14?,15-,16-/m0/s1. The van der Waals surface area contributed by atoms with Crippen LogP contribution in [0, 0.1) is 5.92 Å². The van der Waals surface area contributed by atoms with Gasteiger partial charge in [0.05, 0.1) is 17.8 Å². The van der Waals surface area contributed by atoms with Gasteiger partial charge in [-0.15, -0.1) is 0 Å². The third-order valence-electron chi connectivity index (χ3n) is 6.97. The fraction of sp³-hybridized carbons (Fsp3) is 0.550. The maximum Gasteiger partial charge on any atom is 0.228 e. The van der Waals surface area contributed by atoms with Gasteiger partial charge >= 0.3 is 0 Å². The Morgan fingerprint density at radius 1 is 1.00 bits per heavy atom. The fourth-order valence-electron chi connectivity index (χ4n) is 5.43. The molecule has 150 valence electrons. The van der Waals surface area contributed by atoms with Gasteiger partial charge in [-0.05, 0) is 25.2 Å². The summed E-state index contributed by atoms with van der Waals surface area (Å²) in [7, 11) is 0. The van der Waals surface area contributed by atoms with Crippen LogP contribution in [0.1, 0.15) is 26.2 Å². The maximum atomic E-state index is 11.9. The zero-order chi connectivity index (χ0) is 19.7. The number of hydrogen-bond acceptors (Lipinski definition) is 8. The Labute approximate surface area is 169 Å². The molecule has 0 spiro atoms. The minimum Gasteiger partial charge on any atom is -0.368 e. The first-order chi connectivity index (χ1) is 14.0. The summed E-state index contributed by atoms with van der Waals surface area (Å²) in [6.45, 7) is 4.29. The second-order valence-electron chi connectivity index (χ2n) is 8.75. The minimum absolute atomic E-state index is 0.164. The van der Waals surface area contributed by atoms with Crippen LogP contribution in [0.5, 0.6) is 0 Å². The van der Waals surface area contributed by atoms with Gasteiger partial charge in [0.1, 0.15) is 5.82 Å². The van der Waals surface area contributed by atoms with Gasteiger partial charge in [-0.25, -0.2) is 15.0 Å². The van der Waals surface area contributed by atoms with Crippen LogP contribution in [0.3, 0.4) is 0 Å². The van der Waals surface area contributed by atoms with Gasteiger partial charge < -0.3 is 20.4 Å². The lowest BCUT2D eigenvalue weighted by Gasteiger charge is -2.35. The SMILES string of the molecule is CC(=O)N1C[C@@H]2C[C@H]1CN2c1cc(-c2cnc(N)nc2)nc(N2CC3CC2C3)n1. The predicted molar refractivity (Wildman–Crippen MR) is 108 cm³/mol. The van der Waals surface area contributed by atoms with Gasteiger partial charge in [0.15, 0.2) is 0 Å². The number of carbonyl (C=O) groups is 1. The molecule has 29 heavy (non-hydrogen) atoms. The summed E-state index contributed by atoms with van der Waals surface area (Å²) in [6, 6.07) is 3.18. The summed E-state index contributed by atoms with van der Waals surface area (Å²) in [5.74, 6) is 2.93. The molecule has 4 aliphatic heterocycles. The number of fused-ring (bicyclic) bond motifs is 3. The van der Waals surface area contributed by atoms with E-state index in [-0.39, 0.29) is 17.9 Å². The average molecular weight is 392 g/mol. The van der Waals surface area contributed by atoms with E-state index in [0.29, 0.717) is 12.1 Å². The number of hydrogen-bond donors (Lipinski definition) is 1. The van der Waals surface area contributed by atoms with Crippen LogP contribution in [0.4, 0.5) is 17.7 Å². The molecular formula is C20H24N8O. The number of rotatable bonds is 3. The Bertz CT molecular complexity index is 973. The Hall–Kier alpha value is -2.97. The molecule has 2 aromatic rings. The lowest BCUT2D eigenvalue weighted by Crippen LogP contribution is -2.48. The van der Waals surface area contributed by atoms with Gasteiger partial charge in [0.2, 0.25) is 17.8 Å². The van der Waals surface area contributed by atoms with Crippen molar-refractivity contribution in [1.82, 2.24) is 24.8 Å². The monoisotopic (exact) mass is 392 g/mol. The van der Waals surface area contributed by atoms with Crippen molar-refractivity contribution in [3.05, 3.63) is 18.5 Å². The molecule has 4 bridgehead atoms. The molecule has 2 N–H and O–H groups in total. The van der Waals surface area contributed by atoms with Gasteiger partial charge in [-0.1, -0.05) is 0 Å². The van der Waals surface area contributed by atoms with E-state index in [1.54, 1.807) is 19.3 Å². The summed E-state index contributed by atoms with van der Waals surface area (Å²) in [5, 5.41) is 0. The van der Waals surface area contributed by atoms with Crippen LogP contribution in [0.2, 0.25) is 0 Å². The summed E-state index contributed by atoms with van der Waals surface area (Å²) in [4.78, 5) is 36.7. The van der Waals surface area contributed by atoms with Crippen LogP contribution in [0.25, 0.3) is 11.3 Å². The molecule has 4 saturated heterocycles. The van der Waals surface area contributed by atoms with E-state index in [2.05, 4.69) is 19.8 Å². The molecule has 2 atom stereocenters. The maximum absolute atomic E-state index is 11.9. The molecule has 9 nitrogen and oxygen atoms in total. The van der Waals surface area contributed by atoms with Crippen LogP contribution in [-0.2, 0) is 4.79 Å². The van der Waals surface area contributed by atoms with Crippen LogP contribution in [0.15, 0.2) is 18.5 Å². The highest BCUT2D eigenvalue weighted by Gasteiger charge is 2.46. The molecule has 9 heteroatoms. The van der Waals surface area contributed by atoms with Crippen molar-refractivity contribution >= 4 is 23.6 Å². The minimum atomic E-state index is 0.164. The zero-order valence-corrected chi connectivity index (χ0v) is 16.4. The highest BCUT2D eigenvalue weighted by molar-refractivity contribution is 5.75. The number of aromatic nitrogens is 4. The van der Waals surface area contributed by atoms with Crippen LogP contribution in [-0.4, -0.2) is 68.5 Å². The molecule has 0 radical (unpaired) electrons. The number of carbonyl (C=O) groups excluding carboxylic acids is 1.